The summed E-state index contributed by atoms with van der Waals surface area (Å²) in [5.74, 6) is -1.56. The van der Waals surface area contributed by atoms with Crippen LogP contribution < -0.4 is 0 Å². The second kappa shape index (κ2) is 6.86. The molecule has 0 N–H and O–H groups in total. The van der Waals surface area contributed by atoms with Crippen molar-refractivity contribution in [2.75, 3.05) is 6.61 Å². The zero-order valence-electron chi connectivity index (χ0n) is 14.9. The lowest BCUT2D eigenvalue weighted by Crippen LogP contribution is -2.45. The topological polar surface area (TPSA) is 80.8 Å². The highest BCUT2D eigenvalue weighted by molar-refractivity contribution is 9.10. The largest absolute Gasteiger partial charge is 0.456 e. The molecule has 1 aromatic carbocycles. The molecular formula is C20H20BrNO5. The van der Waals surface area contributed by atoms with Gasteiger partial charge in [-0.1, -0.05) is 28.1 Å². The van der Waals surface area contributed by atoms with Crippen LogP contribution in [0.4, 0.5) is 0 Å². The Hall–Kier alpha value is -2.02. The molecule has 27 heavy (non-hydrogen) atoms. The Labute approximate surface area is 165 Å². The highest BCUT2D eigenvalue weighted by atomic mass is 79.9. The first kappa shape index (κ1) is 18.3. The van der Waals surface area contributed by atoms with Gasteiger partial charge in [-0.3, -0.25) is 19.3 Å². The lowest BCUT2D eigenvalue weighted by Gasteiger charge is -2.22. The number of carbonyl (C=O) groups excluding carboxylic acids is 4. The first-order valence-electron chi connectivity index (χ1n) is 9.20. The number of likely N-dealkylation sites (tertiary alicyclic amines) is 1. The molecule has 6 nitrogen and oxygen atoms in total. The van der Waals surface area contributed by atoms with Crippen LogP contribution in [0, 0.1) is 23.7 Å². The van der Waals surface area contributed by atoms with Crippen molar-refractivity contribution in [2.24, 2.45) is 23.7 Å². The minimum atomic E-state index is -1.01. The zero-order chi connectivity index (χ0) is 19.3. The maximum Gasteiger partial charge on any atom is 0.329 e. The van der Waals surface area contributed by atoms with E-state index in [1.807, 2.05) is 0 Å². The molecule has 1 aliphatic heterocycles. The van der Waals surface area contributed by atoms with Crippen molar-refractivity contribution in [3.63, 3.8) is 0 Å². The van der Waals surface area contributed by atoms with E-state index in [-0.39, 0.29) is 41.3 Å². The normalized spacial score (nSPS) is 29.8. The van der Waals surface area contributed by atoms with Crippen LogP contribution in [0.3, 0.4) is 0 Å². The average molecular weight is 434 g/mol. The van der Waals surface area contributed by atoms with Crippen LogP contribution in [-0.4, -0.2) is 41.1 Å². The Balaban J connectivity index is 1.39. The van der Waals surface area contributed by atoms with Gasteiger partial charge in [0.15, 0.2) is 12.4 Å². The number of nitrogens with zero attached hydrogens (tertiary/aromatic N) is 1. The molecule has 0 aromatic heterocycles. The van der Waals surface area contributed by atoms with Crippen molar-refractivity contribution >= 4 is 39.5 Å². The molecule has 7 heteroatoms. The molecule has 2 bridgehead atoms. The van der Waals surface area contributed by atoms with Gasteiger partial charge >= 0.3 is 5.97 Å². The predicted octanol–water partition coefficient (Wildman–Crippen LogP) is 2.59. The van der Waals surface area contributed by atoms with Crippen LogP contribution in [0.1, 0.15) is 36.5 Å². The van der Waals surface area contributed by atoms with E-state index in [1.165, 1.54) is 6.92 Å². The summed E-state index contributed by atoms with van der Waals surface area (Å²) in [7, 11) is 0. The summed E-state index contributed by atoms with van der Waals surface area (Å²) in [6.07, 6.45) is 2.92. The second-order valence-electron chi connectivity index (χ2n) is 7.65. The fourth-order valence-electron chi connectivity index (χ4n) is 4.90. The van der Waals surface area contributed by atoms with Gasteiger partial charge in [0.1, 0.15) is 6.04 Å². The molecule has 1 saturated heterocycles. The molecule has 0 radical (unpaired) electrons. The molecule has 2 amide bonds. The van der Waals surface area contributed by atoms with Crippen molar-refractivity contribution in [3.8, 4) is 0 Å². The zero-order valence-corrected chi connectivity index (χ0v) is 16.5. The number of fused-ring (bicyclic) bond motifs is 5. The number of carbonyl (C=O) groups is 4. The Kier molecular flexibility index (Phi) is 4.66. The lowest BCUT2D eigenvalue weighted by atomic mass is 9.81. The molecule has 0 unspecified atom stereocenters. The Morgan fingerprint density at radius 3 is 2.22 bits per heavy atom. The number of esters is 1. The molecule has 4 rings (SSSR count). The predicted molar refractivity (Wildman–Crippen MR) is 98.6 cm³/mol. The highest BCUT2D eigenvalue weighted by Crippen LogP contribution is 2.56. The van der Waals surface area contributed by atoms with Crippen LogP contribution in [0.25, 0.3) is 0 Å². The van der Waals surface area contributed by atoms with E-state index in [2.05, 4.69) is 15.9 Å². The van der Waals surface area contributed by atoms with E-state index in [0.29, 0.717) is 5.56 Å². The lowest BCUT2D eigenvalue weighted by molar-refractivity contribution is -0.157. The van der Waals surface area contributed by atoms with Crippen LogP contribution in [0.2, 0.25) is 0 Å². The summed E-state index contributed by atoms with van der Waals surface area (Å²) < 4.78 is 5.95. The number of benzene rings is 1. The molecule has 1 heterocycles. The number of hydrogen-bond donors (Lipinski definition) is 0. The second-order valence-corrected chi connectivity index (χ2v) is 8.56. The standard InChI is InChI=1S/C20H20BrNO5/c1-10(20(26)27-9-15(23)11-4-6-14(21)7-5-11)22-18(24)16-12-2-3-13(8-12)17(16)19(22)25/h4-7,10,12-13,16-17H,2-3,8-9H2,1H3/t10-,12-,13+,16+,17-/m0/s1. The van der Waals surface area contributed by atoms with Gasteiger partial charge in [-0.25, -0.2) is 4.79 Å². The highest BCUT2D eigenvalue weighted by Gasteiger charge is 2.62. The number of rotatable bonds is 5. The molecule has 3 fully saturated rings. The minimum absolute atomic E-state index is 0.249. The van der Waals surface area contributed by atoms with Crippen LogP contribution >= 0.6 is 15.9 Å². The maximum atomic E-state index is 12.8. The summed E-state index contributed by atoms with van der Waals surface area (Å²) in [4.78, 5) is 51.1. The van der Waals surface area contributed by atoms with Gasteiger partial charge in [-0.2, -0.15) is 0 Å². The quantitative estimate of drug-likeness (QED) is 0.404. The van der Waals surface area contributed by atoms with Crippen LogP contribution in [0.5, 0.6) is 0 Å². The van der Waals surface area contributed by atoms with Crippen molar-refractivity contribution in [2.45, 2.75) is 32.2 Å². The van der Waals surface area contributed by atoms with Gasteiger partial charge < -0.3 is 4.74 Å². The molecule has 142 valence electrons. The Bertz CT molecular complexity index is 792. The minimum Gasteiger partial charge on any atom is -0.456 e. The van der Waals surface area contributed by atoms with Crippen molar-refractivity contribution in [1.82, 2.24) is 4.90 Å². The number of hydrogen-bond acceptors (Lipinski definition) is 5. The Morgan fingerprint density at radius 1 is 1.11 bits per heavy atom. The first-order valence-corrected chi connectivity index (χ1v) is 10.00. The van der Waals surface area contributed by atoms with E-state index < -0.39 is 18.6 Å². The number of halogens is 1. The summed E-state index contributed by atoms with van der Waals surface area (Å²) in [6.45, 7) is 1.07. The number of amides is 2. The SMILES string of the molecule is C[C@@H](C(=O)OCC(=O)c1ccc(Br)cc1)N1C(=O)[C@@H]2[C@H]3CC[C@H](C3)[C@@H]2C1=O. The smallest absolute Gasteiger partial charge is 0.329 e. The summed E-state index contributed by atoms with van der Waals surface area (Å²) in [5, 5.41) is 0. The molecule has 1 aromatic rings. The maximum absolute atomic E-state index is 12.8. The van der Waals surface area contributed by atoms with Gasteiger partial charge in [0.2, 0.25) is 11.8 Å². The van der Waals surface area contributed by atoms with Crippen molar-refractivity contribution in [1.29, 1.82) is 0 Å². The van der Waals surface area contributed by atoms with E-state index in [1.54, 1.807) is 24.3 Å². The number of ketones is 1. The molecule has 2 aliphatic carbocycles. The van der Waals surface area contributed by atoms with E-state index in [0.717, 1.165) is 28.6 Å². The molecular weight excluding hydrogens is 414 g/mol. The van der Waals surface area contributed by atoms with Crippen molar-refractivity contribution < 1.29 is 23.9 Å². The third-order valence-electron chi connectivity index (χ3n) is 6.20. The molecule has 2 saturated carbocycles. The van der Waals surface area contributed by atoms with E-state index >= 15 is 0 Å². The number of ether oxygens (including phenoxy) is 1. The molecule has 3 aliphatic rings. The third kappa shape index (κ3) is 3.02. The van der Waals surface area contributed by atoms with Gasteiger partial charge in [0, 0.05) is 10.0 Å². The van der Waals surface area contributed by atoms with Gasteiger partial charge in [-0.15, -0.1) is 0 Å². The third-order valence-corrected chi connectivity index (χ3v) is 6.73. The molecule has 5 atom stereocenters. The fraction of sp³-hybridized carbons (Fsp3) is 0.500. The monoisotopic (exact) mass is 433 g/mol. The summed E-state index contributed by atoms with van der Waals surface area (Å²) >= 11 is 3.29. The van der Waals surface area contributed by atoms with Crippen molar-refractivity contribution in [3.05, 3.63) is 34.3 Å². The van der Waals surface area contributed by atoms with E-state index in [9.17, 15) is 19.2 Å². The fourth-order valence-corrected chi connectivity index (χ4v) is 5.16. The molecule has 0 spiro atoms. The number of imide groups is 1. The Morgan fingerprint density at radius 2 is 1.67 bits per heavy atom. The van der Waals surface area contributed by atoms with Gasteiger partial charge in [0.25, 0.3) is 0 Å². The summed E-state index contributed by atoms with van der Waals surface area (Å²) in [6, 6.07) is 5.72. The van der Waals surface area contributed by atoms with Crippen LogP contribution in [-0.2, 0) is 19.1 Å². The van der Waals surface area contributed by atoms with Crippen LogP contribution in [0.15, 0.2) is 28.7 Å². The van der Waals surface area contributed by atoms with Gasteiger partial charge in [0.05, 0.1) is 11.8 Å². The average Bonchev–Trinajstić information content (AvgIpc) is 3.33. The number of Topliss-reactive ketones (excluding diaryl/α,β-unsaturated/α-hetero) is 1. The first-order chi connectivity index (χ1) is 12.9. The van der Waals surface area contributed by atoms with Gasteiger partial charge in [-0.05, 0) is 50.2 Å². The van der Waals surface area contributed by atoms with E-state index in [4.69, 9.17) is 4.74 Å². The summed E-state index contributed by atoms with van der Waals surface area (Å²) in [5.41, 5.74) is 0.429.